The number of rotatable bonds is 1. The molecule has 0 saturated heterocycles. The largest absolute Gasteiger partial charge is 0.467 e. The van der Waals surface area contributed by atoms with Crippen molar-refractivity contribution in [1.82, 2.24) is 5.32 Å². The van der Waals surface area contributed by atoms with Crippen LogP contribution in [0, 0.1) is 5.82 Å². The highest BCUT2D eigenvalue weighted by molar-refractivity contribution is 5.33. The maximum absolute atomic E-state index is 13.2. The normalized spacial score (nSPS) is 19.4. The fraction of sp³-hybridized carbons (Fsp3) is 0.231. The van der Waals surface area contributed by atoms with Crippen LogP contribution in [-0.2, 0) is 6.42 Å². The second-order valence-corrected chi connectivity index (χ2v) is 4.00. The Bertz CT molecular complexity index is 506. The number of hydrogen-bond donors (Lipinski definition) is 1. The summed E-state index contributed by atoms with van der Waals surface area (Å²) < 4.78 is 18.6. The van der Waals surface area contributed by atoms with Gasteiger partial charge in [0.25, 0.3) is 0 Å². The van der Waals surface area contributed by atoms with E-state index in [1.54, 1.807) is 18.4 Å². The number of fused-ring (bicyclic) bond motifs is 1. The van der Waals surface area contributed by atoms with Gasteiger partial charge in [0.05, 0.1) is 12.3 Å². The van der Waals surface area contributed by atoms with Crippen molar-refractivity contribution in [2.24, 2.45) is 0 Å². The van der Waals surface area contributed by atoms with Gasteiger partial charge in [-0.15, -0.1) is 0 Å². The quantitative estimate of drug-likeness (QED) is 0.794. The van der Waals surface area contributed by atoms with Crippen LogP contribution in [0.15, 0.2) is 41.0 Å². The van der Waals surface area contributed by atoms with Crippen LogP contribution in [-0.4, -0.2) is 6.54 Å². The SMILES string of the molecule is Fc1cccc(C2NCCc3ccoc32)c1. The molecule has 0 bridgehead atoms. The van der Waals surface area contributed by atoms with Crippen LogP contribution in [0.25, 0.3) is 0 Å². The lowest BCUT2D eigenvalue weighted by Gasteiger charge is -2.23. The molecule has 3 rings (SSSR count). The molecule has 1 unspecified atom stereocenters. The molecule has 1 aliphatic rings. The standard InChI is InChI=1S/C13H12FNO/c14-11-3-1-2-10(8-11)12-13-9(4-6-15-12)5-7-16-13/h1-3,5,7-8,12,15H,4,6H2. The predicted octanol–water partition coefficient (Wildman–Crippen LogP) is 2.65. The molecule has 0 saturated carbocycles. The monoisotopic (exact) mass is 217 g/mol. The van der Waals surface area contributed by atoms with Crippen molar-refractivity contribution < 1.29 is 8.81 Å². The van der Waals surface area contributed by atoms with E-state index in [1.165, 1.54) is 11.6 Å². The third-order valence-electron chi connectivity index (χ3n) is 2.97. The smallest absolute Gasteiger partial charge is 0.128 e. The Morgan fingerprint density at radius 3 is 3.12 bits per heavy atom. The Morgan fingerprint density at radius 2 is 2.25 bits per heavy atom. The van der Waals surface area contributed by atoms with Crippen LogP contribution in [0.4, 0.5) is 4.39 Å². The number of halogens is 1. The number of nitrogens with one attached hydrogen (secondary N) is 1. The summed E-state index contributed by atoms with van der Waals surface area (Å²) in [6.45, 7) is 0.897. The molecule has 0 spiro atoms. The second-order valence-electron chi connectivity index (χ2n) is 4.00. The highest BCUT2D eigenvalue weighted by atomic mass is 19.1. The molecule has 0 radical (unpaired) electrons. The molecule has 1 atom stereocenters. The third-order valence-corrected chi connectivity index (χ3v) is 2.97. The fourth-order valence-electron chi connectivity index (χ4n) is 2.21. The molecule has 2 heterocycles. The van der Waals surface area contributed by atoms with Crippen molar-refractivity contribution in [3.8, 4) is 0 Å². The van der Waals surface area contributed by atoms with Gasteiger partial charge in [0, 0.05) is 6.54 Å². The highest BCUT2D eigenvalue weighted by Crippen LogP contribution is 2.29. The zero-order chi connectivity index (χ0) is 11.0. The Labute approximate surface area is 93.1 Å². The third kappa shape index (κ3) is 1.53. The van der Waals surface area contributed by atoms with E-state index in [0.717, 1.165) is 24.3 Å². The summed E-state index contributed by atoms with van der Waals surface area (Å²) in [6.07, 6.45) is 2.67. The first-order chi connectivity index (χ1) is 7.84. The fourth-order valence-corrected chi connectivity index (χ4v) is 2.21. The Kier molecular flexibility index (Phi) is 2.26. The lowest BCUT2D eigenvalue weighted by molar-refractivity contribution is 0.424. The molecule has 82 valence electrons. The molecule has 0 amide bonds. The zero-order valence-electron chi connectivity index (χ0n) is 8.74. The molecular formula is C13H12FNO. The van der Waals surface area contributed by atoms with Crippen LogP contribution in [0.2, 0.25) is 0 Å². The van der Waals surface area contributed by atoms with Crippen LogP contribution >= 0.6 is 0 Å². The van der Waals surface area contributed by atoms with Gasteiger partial charge in [0.1, 0.15) is 11.6 Å². The van der Waals surface area contributed by atoms with E-state index >= 15 is 0 Å². The van der Waals surface area contributed by atoms with Crippen LogP contribution < -0.4 is 5.32 Å². The first-order valence-electron chi connectivity index (χ1n) is 5.40. The van der Waals surface area contributed by atoms with Gasteiger partial charge in [-0.25, -0.2) is 4.39 Å². The van der Waals surface area contributed by atoms with Crippen molar-refractivity contribution in [3.05, 3.63) is 59.3 Å². The van der Waals surface area contributed by atoms with Gasteiger partial charge in [0.2, 0.25) is 0 Å². The topological polar surface area (TPSA) is 25.2 Å². The maximum Gasteiger partial charge on any atom is 0.128 e. The second kappa shape index (κ2) is 3.76. The van der Waals surface area contributed by atoms with Crippen molar-refractivity contribution >= 4 is 0 Å². The van der Waals surface area contributed by atoms with Crippen molar-refractivity contribution in [2.75, 3.05) is 6.54 Å². The predicted molar refractivity (Wildman–Crippen MR) is 58.7 cm³/mol. The summed E-state index contributed by atoms with van der Waals surface area (Å²) in [4.78, 5) is 0. The zero-order valence-corrected chi connectivity index (χ0v) is 8.74. The minimum atomic E-state index is -0.210. The van der Waals surface area contributed by atoms with Crippen molar-refractivity contribution in [3.63, 3.8) is 0 Å². The molecule has 1 aromatic heterocycles. The van der Waals surface area contributed by atoms with Gasteiger partial charge in [-0.2, -0.15) is 0 Å². The van der Waals surface area contributed by atoms with Crippen LogP contribution in [0.3, 0.4) is 0 Å². The summed E-state index contributed by atoms with van der Waals surface area (Å²) in [5.41, 5.74) is 2.13. The molecule has 2 aromatic rings. The number of benzene rings is 1. The summed E-state index contributed by atoms with van der Waals surface area (Å²) in [7, 11) is 0. The lowest BCUT2D eigenvalue weighted by atomic mass is 9.97. The van der Waals surface area contributed by atoms with Gasteiger partial charge in [0.15, 0.2) is 0 Å². The van der Waals surface area contributed by atoms with Gasteiger partial charge in [-0.05, 0) is 35.7 Å². The van der Waals surface area contributed by atoms with Crippen molar-refractivity contribution in [1.29, 1.82) is 0 Å². The average molecular weight is 217 g/mol. The van der Waals surface area contributed by atoms with Gasteiger partial charge < -0.3 is 9.73 Å². The average Bonchev–Trinajstić information content (AvgIpc) is 2.76. The summed E-state index contributed by atoms with van der Waals surface area (Å²) in [5, 5.41) is 3.34. The first kappa shape index (κ1) is 9.60. The Morgan fingerprint density at radius 1 is 1.31 bits per heavy atom. The van der Waals surface area contributed by atoms with Crippen LogP contribution in [0.1, 0.15) is 22.9 Å². The highest BCUT2D eigenvalue weighted by Gasteiger charge is 2.24. The van der Waals surface area contributed by atoms with E-state index in [-0.39, 0.29) is 11.9 Å². The summed E-state index contributed by atoms with van der Waals surface area (Å²) in [6, 6.07) is 8.61. The van der Waals surface area contributed by atoms with E-state index in [1.807, 2.05) is 12.1 Å². The van der Waals surface area contributed by atoms with E-state index in [9.17, 15) is 4.39 Å². The molecule has 0 aliphatic carbocycles. The van der Waals surface area contributed by atoms with Gasteiger partial charge >= 0.3 is 0 Å². The molecule has 3 heteroatoms. The molecule has 2 nitrogen and oxygen atoms in total. The minimum Gasteiger partial charge on any atom is -0.467 e. The van der Waals surface area contributed by atoms with Crippen LogP contribution in [0.5, 0.6) is 0 Å². The van der Waals surface area contributed by atoms with E-state index in [2.05, 4.69) is 5.32 Å². The molecule has 16 heavy (non-hydrogen) atoms. The first-order valence-corrected chi connectivity index (χ1v) is 5.40. The summed E-state index contributed by atoms with van der Waals surface area (Å²) >= 11 is 0. The van der Waals surface area contributed by atoms with Crippen molar-refractivity contribution in [2.45, 2.75) is 12.5 Å². The van der Waals surface area contributed by atoms with E-state index in [0.29, 0.717) is 0 Å². The number of furan rings is 1. The number of hydrogen-bond acceptors (Lipinski definition) is 2. The Hall–Kier alpha value is -1.61. The molecular weight excluding hydrogens is 205 g/mol. The minimum absolute atomic E-state index is 0.0190. The van der Waals surface area contributed by atoms with E-state index in [4.69, 9.17) is 4.42 Å². The molecule has 1 aromatic carbocycles. The van der Waals surface area contributed by atoms with E-state index < -0.39 is 0 Å². The molecule has 1 N–H and O–H groups in total. The Balaban J connectivity index is 2.04. The molecule has 0 fully saturated rings. The lowest BCUT2D eigenvalue weighted by Crippen LogP contribution is -2.29. The maximum atomic E-state index is 13.2. The summed E-state index contributed by atoms with van der Waals surface area (Å²) in [5.74, 6) is 0.704. The van der Waals surface area contributed by atoms with Gasteiger partial charge in [-0.3, -0.25) is 0 Å². The van der Waals surface area contributed by atoms with Gasteiger partial charge in [-0.1, -0.05) is 12.1 Å². The molecule has 1 aliphatic heterocycles.